The highest BCUT2D eigenvalue weighted by molar-refractivity contribution is 6.33. The fraction of sp³-hybridized carbons (Fsp3) is 0.371. The highest BCUT2D eigenvalue weighted by Gasteiger charge is 2.39. The molecule has 1 amide bonds. The highest BCUT2D eigenvalue weighted by atomic mass is 35.5. The standard InChI is InChI=1S/C35H37ClN6O/c1-35(2,3)22-30(43)41-17-15-40(16-18-41)27-19-26(20-27)34-39-31(32-33(36)37-13-14-42(32)34)25-10-9-24-11-12-28(38-29(24)21-25)23-7-5-4-6-8-23/h4-14,21,26-27H,15-20,22H2,1-3H3. The average Bonchev–Trinajstić information content (AvgIpc) is 3.36. The van der Waals surface area contributed by atoms with Crippen molar-refractivity contribution in [3.05, 3.63) is 84.0 Å². The summed E-state index contributed by atoms with van der Waals surface area (Å²) < 4.78 is 2.13. The van der Waals surface area contributed by atoms with Crippen LogP contribution in [-0.4, -0.2) is 67.3 Å². The second-order valence-electron chi connectivity index (χ2n) is 13.2. The normalized spacial score (nSPS) is 19.6. The summed E-state index contributed by atoms with van der Waals surface area (Å²) in [6, 6.07) is 21.3. The maximum atomic E-state index is 12.7. The van der Waals surface area contributed by atoms with Gasteiger partial charge >= 0.3 is 0 Å². The molecule has 1 aliphatic carbocycles. The van der Waals surface area contributed by atoms with Crippen molar-refractivity contribution in [3.8, 4) is 22.5 Å². The van der Waals surface area contributed by atoms with Crippen LogP contribution in [0.2, 0.25) is 5.15 Å². The second-order valence-corrected chi connectivity index (χ2v) is 13.6. The third-order valence-electron chi connectivity index (χ3n) is 8.92. The van der Waals surface area contributed by atoms with Gasteiger partial charge in [0.1, 0.15) is 11.3 Å². The van der Waals surface area contributed by atoms with E-state index in [1.54, 1.807) is 6.20 Å². The quantitative estimate of drug-likeness (QED) is 0.218. The number of rotatable bonds is 5. The maximum absolute atomic E-state index is 12.7. The molecule has 2 aliphatic rings. The summed E-state index contributed by atoms with van der Waals surface area (Å²) >= 11 is 6.72. The van der Waals surface area contributed by atoms with Gasteiger partial charge in [-0.2, -0.15) is 0 Å². The van der Waals surface area contributed by atoms with Gasteiger partial charge in [-0.3, -0.25) is 14.1 Å². The van der Waals surface area contributed by atoms with E-state index >= 15 is 0 Å². The number of carbonyl (C=O) groups is 1. The Balaban J connectivity index is 1.11. The number of fused-ring (bicyclic) bond motifs is 2. The molecular weight excluding hydrogens is 556 g/mol. The van der Waals surface area contributed by atoms with Crippen LogP contribution < -0.4 is 0 Å². The second kappa shape index (κ2) is 11.0. The Kier molecular flexibility index (Phi) is 7.18. The number of piperazine rings is 1. The Labute approximate surface area is 257 Å². The van der Waals surface area contributed by atoms with Gasteiger partial charge in [0.15, 0.2) is 5.15 Å². The Morgan fingerprint density at radius 3 is 2.42 bits per heavy atom. The lowest BCUT2D eigenvalue weighted by Crippen LogP contribution is -2.55. The molecule has 2 fully saturated rings. The number of pyridine rings is 1. The van der Waals surface area contributed by atoms with Gasteiger partial charge in [0.05, 0.1) is 16.9 Å². The fourth-order valence-electron chi connectivity index (χ4n) is 6.55. The van der Waals surface area contributed by atoms with E-state index in [4.69, 9.17) is 21.6 Å². The summed E-state index contributed by atoms with van der Waals surface area (Å²) in [6.45, 7) is 9.88. The number of halogens is 1. The molecule has 3 aromatic heterocycles. The van der Waals surface area contributed by atoms with Crippen LogP contribution >= 0.6 is 11.6 Å². The summed E-state index contributed by atoms with van der Waals surface area (Å²) in [7, 11) is 0. The topological polar surface area (TPSA) is 66.6 Å². The van der Waals surface area contributed by atoms with Crippen molar-refractivity contribution in [2.75, 3.05) is 26.2 Å². The summed E-state index contributed by atoms with van der Waals surface area (Å²) in [5.74, 6) is 1.66. The monoisotopic (exact) mass is 592 g/mol. The van der Waals surface area contributed by atoms with E-state index in [0.29, 0.717) is 23.5 Å². The van der Waals surface area contributed by atoms with Crippen molar-refractivity contribution in [1.29, 1.82) is 0 Å². The van der Waals surface area contributed by atoms with Gasteiger partial charge in [-0.25, -0.2) is 15.0 Å². The third-order valence-corrected chi connectivity index (χ3v) is 9.19. The smallest absolute Gasteiger partial charge is 0.223 e. The van der Waals surface area contributed by atoms with E-state index < -0.39 is 0 Å². The molecule has 0 unspecified atom stereocenters. The largest absolute Gasteiger partial charge is 0.340 e. The van der Waals surface area contributed by atoms with Gasteiger partial charge in [-0.15, -0.1) is 0 Å². The first-order valence-corrected chi connectivity index (χ1v) is 15.6. The summed E-state index contributed by atoms with van der Waals surface area (Å²) in [6.07, 6.45) is 6.43. The molecule has 7 nitrogen and oxygen atoms in total. The third kappa shape index (κ3) is 5.52. The van der Waals surface area contributed by atoms with E-state index in [-0.39, 0.29) is 11.3 Å². The number of hydrogen-bond acceptors (Lipinski definition) is 5. The summed E-state index contributed by atoms with van der Waals surface area (Å²) in [5.41, 5.74) is 5.65. The predicted molar refractivity (Wildman–Crippen MR) is 172 cm³/mol. The van der Waals surface area contributed by atoms with E-state index in [9.17, 15) is 4.79 Å². The zero-order valence-electron chi connectivity index (χ0n) is 25.0. The van der Waals surface area contributed by atoms with Gasteiger partial charge < -0.3 is 4.90 Å². The lowest BCUT2D eigenvalue weighted by Gasteiger charge is -2.46. The van der Waals surface area contributed by atoms with Crippen LogP contribution in [-0.2, 0) is 4.79 Å². The van der Waals surface area contributed by atoms with Crippen LogP contribution in [0.3, 0.4) is 0 Å². The zero-order valence-corrected chi connectivity index (χ0v) is 25.8. The van der Waals surface area contributed by atoms with Gasteiger partial charge in [0, 0.05) is 73.5 Å². The zero-order chi connectivity index (χ0) is 29.7. The molecule has 1 saturated heterocycles. The van der Waals surface area contributed by atoms with Crippen molar-refractivity contribution in [2.24, 2.45) is 5.41 Å². The number of benzene rings is 2. The van der Waals surface area contributed by atoms with Crippen molar-refractivity contribution < 1.29 is 4.79 Å². The summed E-state index contributed by atoms with van der Waals surface area (Å²) in [4.78, 5) is 31.9. The minimum Gasteiger partial charge on any atom is -0.340 e. The Hall–Kier alpha value is -3.81. The molecule has 0 bridgehead atoms. The van der Waals surface area contributed by atoms with Crippen LogP contribution in [0.15, 0.2) is 73.1 Å². The highest BCUT2D eigenvalue weighted by Crippen LogP contribution is 2.42. The SMILES string of the molecule is CC(C)(C)CC(=O)N1CCN(C2CC(c3nc(-c4ccc5ccc(-c6ccccc6)nc5c4)c4c(Cl)nccn34)C2)CC1. The minimum atomic E-state index is 0.0220. The Bertz CT molecular complexity index is 1800. The van der Waals surface area contributed by atoms with Gasteiger partial charge in [0.2, 0.25) is 5.91 Å². The molecule has 0 spiro atoms. The van der Waals surface area contributed by atoms with Gasteiger partial charge in [-0.05, 0) is 30.4 Å². The molecule has 1 saturated carbocycles. The van der Waals surface area contributed by atoms with Crippen LogP contribution in [0.1, 0.15) is 51.8 Å². The fourth-order valence-corrected chi connectivity index (χ4v) is 6.78. The van der Waals surface area contributed by atoms with Crippen LogP contribution in [0, 0.1) is 5.41 Å². The molecule has 0 radical (unpaired) electrons. The Morgan fingerprint density at radius 1 is 0.930 bits per heavy atom. The van der Waals surface area contributed by atoms with E-state index in [2.05, 4.69) is 77.5 Å². The number of aromatic nitrogens is 4. The molecule has 8 heteroatoms. The minimum absolute atomic E-state index is 0.0220. The van der Waals surface area contributed by atoms with E-state index in [0.717, 1.165) is 83.8 Å². The number of hydrogen-bond donors (Lipinski definition) is 0. The van der Waals surface area contributed by atoms with Crippen molar-refractivity contribution in [2.45, 2.75) is 52.0 Å². The molecule has 2 aromatic carbocycles. The number of imidazole rings is 1. The number of carbonyl (C=O) groups excluding carboxylic acids is 1. The number of nitrogens with zero attached hydrogens (tertiary/aromatic N) is 6. The molecule has 5 aromatic rings. The molecule has 4 heterocycles. The predicted octanol–water partition coefficient (Wildman–Crippen LogP) is 7.09. The average molecular weight is 593 g/mol. The molecular formula is C35H37ClN6O. The number of amides is 1. The first-order valence-electron chi connectivity index (χ1n) is 15.2. The molecule has 7 rings (SSSR count). The molecule has 0 N–H and O–H groups in total. The van der Waals surface area contributed by atoms with E-state index in [1.165, 1.54) is 0 Å². The Morgan fingerprint density at radius 2 is 1.67 bits per heavy atom. The van der Waals surface area contributed by atoms with Crippen molar-refractivity contribution in [3.63, 3.8) is 0 Å². The molecule has 1 aliphatic heterocycles. The first-order chi connectivity index (χ1) is 20.7. The van der Waals surface area contributed by atoms with Gasteiger partial charge in [-0.1, -0.05) is 80.9 Å². The van der Waals surface area contributed by atoms with E-state index in [1.807, 2.05) is 29.3 Å². The first kappa shape index (κ1) is 28.0. The van der Waals surface area contributed by atoms with Crippen molar-refractivity contribution in [1.82, 2.24) is 29.2 Å². The molecule has 220 valence electrons. The van der Waals surface area contributed by atoms with Crippen LogP contribution in [0.25, 0.3) is 38.9 Å². The van der Waals surface area contributed by atoms with Crippen molar-refractivity contribution >= 4 is 33.9 Å². The molecule has 0 atom stereocenters. The lowest BCUT2D eigenvalue weighted by atomic mass is 9.78. The summed E-state index contributed by atoms with van der Waals surface area (Å²) in [5, 5.41) is 1.53. The molecule has 43 heavy (non-hydrogen) atoms. The maximum Gasteiger partial charge on any atom is 0.223 e. The van der Waals surface area contributed by atoms with Crippen LogP contribution in [0.4, 0.5) is 0 Å². The van der Waals surface area contributed by atoms with Gasteiger partial charge in [0.25, 0.3) is 0 Å². The lowest BCUT2D eigenvalue weighted by molar-refractivity contribution is -0.135. The van der Waals surface area contributed by atoms with Crippen LogP contribution in [0.5, 0.6) is 0 Å².